The summed E-state index contributed by atoms with van der Waals surface area (Å²) in [4.78, 5) is 34.2. The van der Waals surface area contributed by atoms with Crippen LogP contribution >= 0.6 is 11.8 Å². The highest BCUT2D eigenvalue weighted by Crippen LogP contribution is 2.42. The van der Waals surface area contributed by atoms with Crippen molar-refractivity contribution in [3.8, 4) is 11.5 Å². The van der Waals surface area contributed by atoms with E-state index >= 15 is 0 Å². The average Bonchev–Trinajstić information content (AvgIpc) is 2.84. The summed E-state index contributed by atoms with van der Waals surface area (Å²) in [5.74, 6) is 1.57. The van der Waals surface area contributed by atoms with Crippen LogP contribution in [0.1, 0.15) is 12.2 Å². The Hall–Kier alpha value is -3.78. The molecule has 0 fully saturated rings. The van der Waals surface area contributed by atoms with Gasteiger partial charge >= 0.3 is 0 Å². The Morgan fingerprint density at radius 2 is 1.73 bits per heavy atom. The quantitative estimate of drug-likeness (QED) is 0.444. The molecule has 2 N–H and O–H groups in total. The first-order valence-corrected chi connectivity index (χ1v) is 11.4. The van der Waals surface area contributed by atoms with Crippen molar-refractivity contribution in [1.82, 2.24) is 9.97 Å². The molecule has 0 saturated carbocycles. The van der Waals surface area contributed by atoms with Crippen molar-refractivity contribution in [2.75, 3.05) is 18.5 Å². The lowest BCUT2D eigenvalue weighted by Gasteiger charge is -2.21. The number of amides is 1. The molecule has 1 aliphatic heterocycles. The van der Waals surface area contributed by atoms with E-state index in [2.05, 4.69) is 15.3 Å². The molecule has 7 nitrogen and oxygen atoms in total. The zero-order valence-electron chi connectivity index (χ0n) is 17.7. The molecule has 1 amide bonds. The first kappa shape index (κ1) is 21.1. The average molecular weight is 460 g/mol. The molecule has 3 aromatic carbocycles. The number of anilines is 1. The fraction of sp³-hybridized carbons (Fsp3) is 0.160. The summed E-state index contributed by atoms with van der Waals surface area (Å²) < 4.78 is 11.4. The largest absolute Gasteiger partial charge is 0.486 e. The van der Waals surface area contributed by atoms with Gasteiger partial charge in [-0.3, -0.25) is 9.59 Å². The van der Waals surface area contributed by atoms with Gasteiger partial charge < -0.3 is 19.8 Å². The van der Waals surface area contributed by atoms with Crippen LogP contribution < -0.4 is 20.3 Å². The molecule has 4 aromatic rings. The van der Waals surface area contributed by atoms with E-state index in [9.17, 15) is 9.59 Å². The van der Waals surface area contributed by atoms with Crippen molar-refractivity contribution in [3.05, 3.63) is 82.9 Å². The molecule has 5 rings (SSSR count). The predicted molar refractivity (Wildman–Crippen MR) is 127 cm³/mol. The maximum atomic E-state index is 12.8. The molecule has 1 aromatic heterocycles. The van der Waals surface area contributed by atoms with E-state index in [4.69, 9.17) is 9.47 Å². The number of aromatic amines is 1. The van der Waals surface area contributed by atoms with Crippen LogP contribution in [0.4, 0.5) is 5.69 Å². The molecule has 1 aliphatic rings. The van der Waals surface area contributed by atoms with Crippen LogP contribution in [0.5, 0.6) is 11.5 Å². The van der Waals surface area contributed by atoms with Gasteiger partial charge in [-0.05, 0) is 24.3 Å². The van der Waals surface area contributed by atoms with Gasteiger partial charge in [-0.15, -0.1) is 0 Å². The minimum atomic E-state index is -0.204. The lowest BCUT2D eigenvalue weighted by Crippen LogP contribution is -2.18. The first-order chi connectivity index (χ1) is 16.2. The number of H-pyrrole nitrogens is 1. The Morgan fingerprint density at radius 1 is 1.00 bits per heavy atom. The summed E-state index contributed by atoms with van der Waals surface area (Å²) >= 11 is 1.54. The molecule has 33 heavy (non-hydrogen) atoms. The van der Waals surface area contributed by atoms with Gasteiger partial charge in [0.15, 0.2) is 11.5 Å². The van der Waals surface area contributed by atoms with Crippen molar-refractivity contribution >= 4 is 34.3 Å². The van der Waals surface area contributed by atoms with E-state index in [0.29, 0.717) is 53.5 Å². The third-order valence-electron chi connectivity index (χ3n) is 5.14. The monoisotopic (exact) mass is 459 g/mol. The SMILES string of the molecule is O=C(CCc1nc2ccccc2c(=O)[nH]1)Nc1cc2c(cc1Sc1ccccc1)OCCO2. The number of hydrogen-bond acceptors (Lipinski definition) is 6. The van der Waals surface area contributed by atoms with E-state index in [1.807, 2.05) is 42.5 Å². The topological polar surface area (TPSA) is 93.3 Å². The van der Waals surface area contributed by atoms with E-state index < -0.39 is 0 Å². The van der Waals surface area contributed by atoms with Crippen molar-refractivity contribution in [3.63, 3.8) is 0 Å². The van der Waals surface area contributed by atoms with Gasteiger partial charge in [0.05, 0.1) is 16.6 Å². The maximum absolute atomic E-state index is 12.8. The Kier molecular flexibility index (Phi) is 5.99. The lowest BCUT2D eigenvalue weighted by atomic mass is 10.2. The van der Waals surface area contributed by atoms with Gasteiger partial charge in [0.25, 0.3) is 5.56 Å². The number of fused-ring (bicyclic) bond motifs is 2. The first-order valence-electron chi connectivity index (χ1n) is 10.6. The molecule has 2 heterocycles. The van der Waals surface area contributed by atoms with Gasteiger partial charge in [-0.2, -0.15) is 0 Å². The third-order valence-corrected chi connectivity index (χ3v) is 6.21. The van der Waals surface area contributed by atoms with Crippen LogP contribution in [0.3, 0.4) is 0 Å². The maximum Gasteiger partial charge on any atom is 0.258 e. The van der Waals surface area contributed by atoms with Crippen LogP contribution in [0, 0.1) is 0 Å². The second kappa shape index (κ2) is 9.38. The third kappa shape index (κ3) is 4.85. The summed E-state index contributed by atoms with van der Waals surface area (Å²) in [5, 5.41) is 3.52. The molecule has 0 bridgehead atoms. The molecule has 0 unspecified atom stereocenters. The highest BCUT2D eigenvalue weighted by Gasteiger charge is 2.18. The Balaban J connectivity index is 1.34. The summed E-state index contributed by atoms with van der Waals surface area (Å²) in [5.41, 5.74) is 1.06. The summed E-state index contributed by atoms with van der Waals surface area (Å²) in [6, 6.07) is 20.8. The molecule has 0 radical (unpaired) electrons. The van der Waals surface area contributed by atoms with Crippen LogP contribution in [0.15, 0.2) is 81.3 Å². The normalized spacial score (nSPS) is 12.5. The van der Waals surface area contributed by atoms with Gasteiger partial charge in [-0.1, -0.05) is 42.1 Å². The lowest BCUT2D eigenvalue weighted by molar-refractivity contribution is -0.116. The second-order valence-corrected chi connectivity index (χ2v) is 8.60. The molecule has 8 heteroatoms. The summed E-state index contributed by atoms with van der Waals surface area (Å²) in [6.45, 7) is 0.956. The minimum Gasteiger partial charge on any atom is -0.486 e. The van der Waals surface area contributed by atoms with E-state index in [1.165, 1.54) is 11.8 Å². The van der Waals surface area contributed by atoms with E-state index in [0.717, 1.165) is 9.79 Å². The van der Waals surface area contributed by atoms with Crippen LogP contribution in [-0.4, -0.2) is 29.1 Å². The minimum absolute atomic E-state index is 0.172. The van der Waals surface area contributed by atoms with Crippen LogP contribution in [0.2, 0.25) is 0 Å². The van der Waals surface area contributed by atoms with E-state index in [1.54, 1.807) is 24.3 Å². The fourth-order valence-corrected chi connectivity index (χ4v) is 4.50. The van der Waals surface area contributed by atoms with Crippen molar-refractivity contribution < 1.29 is 14.3 Å². The molecular formula is C25H21N3O4S. The number of hydrogen-bond donors (Lipinski definition) is 2. The van der Waals surface area contributed by atoms with Crippen LogP contribution in [-0.2, 0) is 11.2 Å². The molecule has 166 valence electrons. The van der Waals surface area contributed by atoms with Crippen molar-refractivity contribution in [2.45, 2.75) is 22.6 Å². The zero-order chi connectivity index (χ0) is 22.6. The molecule has 0 spiro atoms. The van der Waals surface area contributed by atoms with Crippen molar-refractivity contribution in [1.29, 1.82) is 0 Å². The number of benzene rings is 3. The molecule has 0 atom stereocenters. The smallest absolute Gasteiger partial charge is 0.258 e. The van der Waals surface area contributed by atoms with Crippen molar-refractivity contribution in [2.24, 2.45) is 0 Å². The van der Waals surface area contributed by atoms with Gasteiger partial charge in [0.2, 0.25) is 5.91 Å². The fourth-order valence-electron chi connectivity index (χ4n) is 3.57. The number of carbonyl (C=O) groups excluding carboxylic acids is 1. The zero-order valence-corrected chi connectivity index (χ0v) is 18.5. The van der Waals surface area contributed by atoms with E-state index in [-0.39, 0.29) is 17.9 Å². The Bertz CT molecular complexity index is 1370. The number of rotatable bonds is 6. The number of nitrogens with zero attached hydrogens (tertiary/aromatic N) is 1. The second-order valence-electron chi connectivity index (χ2n) is 7.49. The number of aryl methyl sites for hydroxylation is 1. The summed E-state index contributed by atoms with van der Waals surface area (Å²) in [7, 11) is 0. The number of aromatic nitrogens is 2. The number of para-hydroxylation sites is 1. The van der Waals surface area contributed by atoms with Gasteiger partial charge in [0, 0.05) is 34.8 Å². The molecule has 0 saturated heterocycles. The van der Waals surface area contributed by atoms with Gasteiger partial charge in [-0.25, -0.2) is 4.98 Å². The number of carbonyl (C=O) groups is 1. The van der Waals surface area contributed by atoms with Crippen LogP contribution in [0.25, 0.3) is 10.9 Å². The summed E-state index contributed by atoms with van der Waals surface area (Å²) in [6.07, 6.45) is 0.489. The Labute approximate surface area is 194 Å². The standard InChI is InChI=1S/C25H21N3O4S/c29-24(11-10-23-26-18-9-5-4-8-17(18)25(30)28-23)27-19-14-20-21(32-13-12-31-20)15-22(19)33-16-6-2-1-3-7-16/h1-9,14-15H,10-13H2,(H,27,29)(H,26,28,30). The molecule has 0 aliphatic carbocycles. The molecular weight excluding hydrogens is 438 g/mol. The Morgan fingerprint density at radius 3 is 2.55 bits per heavy atom. The highest BCUT2D eigenvalue weighted by atomic mass is 32.2. The highest BCUT2D eigenvalue weighted by molar-refractivity contribution is 7.99. The van der Waals surface area contributed by atoms with Gasteiger partial charge in [0.1, 0.15) is 19.0 Å². The predicted octanol–water partition coefficient (Wildman–Crippen LogP) is 4.42. The number of ether oxygens (including phenoxy) is 2. The number of nitrogens with one attached hydrogen (secondary N) is 2.